The van der Waals surface area contributed by atoms with Gasteiger partial charge >= 0.3 is 0 Å². The van der Waals surface area contributed by atoms with Crippen molar-refractivity contribution in [3.05, 3.63) is 32.7 Å². The fourth-order valence-electron chi connectivity index (χ4n) is 1.23. The number of carbonyl (C=O) groups excluding carboxylic acids is 1. The normalized spacial score (nSPS) is 10.5. The number of Topliss-reactive ketones (excluding diaryl/α,β-unsaturated/α-hetero) is 1. The number of hydrogen-bond acceptors (Lipinski definition) is 4. The Hall–Kier alpha value is -1.01. The van der Waals surface area contributed by atoms with Gasteiger partial charge in [0.15, 0.2) is 5.78 Å². The topological polar surface area (TPSA) is 47.8 Å². The van der Waals surface area contributed by atoms with Crippen LogP contribution in [-0.4, -0.2) is 20.8 Å². The lowest BCUT2D eigenvalue weighted by molar-refractivity contribution is 0.100. The maximum Gasteiger partial charge on any atom is 0.179 e. The molecule has 0 unspecified atom stereocenters. The summed E-state index contributed by atoms with van der Waals surface area (Å²) < 4.78 is 2.68. The van der Waals surface area contributed by atoms with Crippen molar-refractivity contribution >= 4 is 33.0 Å². The van der Waals surface area contributed by atoms with Crippen molar-refractivity contribution < 1.29 is 4.79 Å². The van der Waals surface area contributed by atoms with Crippen LogP contribution in [0.5, 0.6) is 0 Å². The lowest BCUT2D eigenvalue weighted by Gasteiger charge is -2.00. The third kappa shape index (κ3) is 2.32. The minimum Gasteiger partial charge on any atom is -0.293 e. The van der Waals surface area contributed by atoms with Gasteiger partial charge in [0.2, 0.25) is 0 Å². The van der Waals surface area contributed by atoms with Crippen molar-refractivity contribution in [1.29, 1.82) is 0 Å². The molecule has 0 N–H and O–H groups in total. The zero-order valence-electron chi connectivity index (χ0n) is 7.98. The number of halogens is 1. The van der Waals surface area contributed by atoms with E-state index in [0.717, 1.165) is 8.66 Å². The Labute approximate surface area is 99.0 Å². The van der Waals surface area contributed by atoms with Crippen LogP contribution in [0.3, 0.4) is 0 Å². The van der Waals surface area contributed by atoms with Crippen LogP contribution in [0.1, 0.15) is 22.3 Å². The van der Waals surface area contributed by atoms with Gasteiger partial charge in [0, 0.05) is 11.8 Å². The van der Waals surface area contributed by atoms with Gasteiger partial charge in [0.25, 0.3) is 0 Å². The highest BCUT2D eigenvalue weighted by Crippen LogP contribution is 2.22. The first-order valence-electron chi connectivity index (χ1n) is 4.30. The number of rotatable bonds is 3. The Morgan fingerprint density at radius 2 is 2.40 bits per heavy atom. The molecule has 0 aliphatic rings. The standard InChI is InChI=1S/C9H8BrN3OS/c1-6(14)8-4-11-12-13(8)5-7-2-3-9(10)15-7/h2-4H,5H2,1H3. The number of thiophene rings is 1. The largest absolute Gasteiger partial charge is 0.293 e. The summed E-state index contributed by atoms with van der Waals surface area (Å²) in [4.78, 5) is 12.4. The maximum atomic E-state index is 11.2. The number of aromatic nitrogens is 3. The van der Waals surface area contributed by atoms with E-state index in [4.69, 9.17) is 0 Å². The second kappa shape index (κ2) is 4.24. The van der Waals surface area contributed by atoms with E-state index in [2.05, 4.69) is 26.2 Å². The first-order chi connectivity index (χ1) is 7.16. The highest BCUT2D eigenvalue weighted by atomic mass is 79.9. The molecule has 0 saturated carbocycles. The molecule has 78 valence electrons. The lowest BCUT2D eigenvalue weighted by atomic mass is 10.3. The summed E-state index contributed by atoms with van der Waals surface area (Å²) in [6.45, 7) is 2.10. The zero-order valence-corrected chi connectivity index (χ0v) is 10.4. The molecule has 0 atom stereocenters. The van der Waals surface area contributed by atoms with Crippen molar-refractivity contribution in [2.45, 2.75) is 13.5 Å². The van der Waals surface area contributed by atoms with Crippen LogP contribution in [0.15, 0.2) is 22.1 Å². The van der Waals surface area contributed by atoms with Crippen molar-refractivity contribution in [3.63, 3.8) is 0 Å². The average molecular weight is 286 g/mol. The number of hydrogen-bond donors (Lipinski definition) is 0. The first kappa shape index (κ1) is 10.5. The van der Waals surface area contributed by atoms with Gasteiger partial charge in [-0.25, -0.2) is 4.68 Å². The number of carbonyl (C=O) groups is 1. The molecule has 0 fully saturated rings. The Bertz CT molecular complexity index is 491. The van der Waals surface area contributed by atoms with Gasteiger partial charge in [0.05, 0.1) is 16.5 Å². The molecule has 0 amide bonds. The van der Waals surface area contributed by atoms with E-state index in [9.17, 15) is 4.79 Å². The third-order valence-electron chi connectivity index (χ3n) is 1.91. The second-order valence-corrected chi connectivity index (χ2v) is 5.59. The Morgan fingerprint density at radius 3 is 3.00 bits per heavy atom. The Morgan fingerprint density at radius 1 is 1.60 bits per heavy atom. The molecule has 0 bridgehead atoms. The molecule has 2 heterocycles. The van der Waals surface area contributed by atoms with Crippen LogP contribution < -0.4 is 0 Å². The summed E-state index contributed by atoms with van der Waals surface area (Å²) in [5, 5.41) is 7.61. The average Bonchev–Trinajstić information content (AvgIpc) is 2.75. The van der Waals surface area contributed by atoms with Crippen molar-refractivity contribution in [3.8, 4) is 0 Å². The molecule has 0 aromatic carbocycles. The highest BCUT2D eigenvalue weighted by Gasteiger charge is 2.09. The van der Waals surface area contributed by atoms with Crippen LogP contribution in [0, 0.1) is 0 Å². The predicted octanol–water partition coefficient (Wildman–Crippen LogP) is 2.35. The highest BCUT2D eigenvalue weighted by molar-refractivity contribution is 9.11. The van der Waals surface area contributed by atoms with Gasteiger partial charge in [-0.15, -0.1) is 16.4 Å². The molecule has 0 aliphatic carbocycles. The molecule has 0 saturated heterocycles. The monoisotopic (exact) mass is 285 g/mol. The summed E-state index contributed by atoms with van der Waals surface area (Å²) in [5.74, 6) is -0.0179. The van der Waals surface area contributed by atoms with Gasteiger partial charge in [-0.1, -0.05) is 5.21 Å². The maximum absolute atomic E-state index is 11.2. The van der Waals surface area contributed by atoms with E-state index < -0.39 is 0 Å². The molecule has 2 rings (SSSR count). The minimum absolute atomic E-state index is 0.0179. The fourth-order valence-corrected chi connectivity index (χ4v) is 2.70. The Balaban J connectivity index is 2.24. The molecular weight excluding hydrogens is 278 g/mol. The SMILES string of the molecule is CC(=O)c1cnnn1Cc1ccc(Br)s1. The van der Waals surface area contributed by atoms with Crippen LogP contribution in [0.4, 0.5) is 0 Å². The molecule has 0 spiro atoms. The minimum atomic E-state index is -0.0179. The molecule has 0 radical (unpaired) electrons. The van der Waals surface area contributed by atoms with E-state index in [1.807, 2.05) is 12.1 Å². The van der Waals surface area contributed by atoms with Crippen LogP contribution in [0.2, 0.25) is 0 Å². The van der Waals surface area contributed by atoms with Gasteiger partial charge in [-0.2, -0.15) is 0 Å². The van der Waals surface area contributed by atoms with Gasteiger partial charge in [0.1, 0.15) is 5.69 Å². The van der Waals surface area contributed by atoms with E-state index in [1.165, 1.54) is 13.1 Å². The number of nitrogens with zero attached hydrogens (tertiary/aromatic N) is 3. The molecule has 15 heavy (non-hydrogen) atoms. The predicted molar refractivity (Wildman–Crippen MR) is 61.1 cm³/mol. The van der Waals surface area contributed by atoms with Crippen LogP contribution in [-0.2, 0) is 6.54 Å². The quantitative estimate of drug-likeness (QED) is 0.814. The summed E-state index contributed by atoms with van der Waals surface area (Å²) in [6, 6.07) is 3.98. The molecule has 0 aliphatic heterocycles. The third-order valence-corrected chi connectivity index (χ3v) is 3.52. The summed E-state index contributed by atoms with van der Waals surface area (Å²) in [6.07, 6.45) is 1.49. The van der Waals surface area contributed by atoms with E-state index in [0.29, 0.717) is 12.2 Å². The molecular formula is C9H8BrN3OS. The molecule has 2 aromatic rings. The van der Waals surface area contributed by atoms with Gasteiger partial charge in [-0.05, 0) is 28.1 Å². The fraction of sp³-hybridized carbons (Fsp3) is 0.222. The smallest absolute Gasteiger partial charge is 0.179 e. The van der Waals surface area contributed by atoms with Crippen molar-refractivity contribution in [2.75, 3.05) is 0 Å². The molecule has 6 heteroatoms. The summed E-state index contributed by atoms with van der Waals surface area (Å²) in [7, 11) is 0. The van der Waals surface area contributed by atoms with Gasteiger partial charge < -0.3 is 0 Å². The lowest BCUT2D eigenvalue weighted by Crippen LogP contribution is -2.08. The van der Waals surface area contributed by atoms with Crippen molar-refractivity contribution in [1.82, 2.24) is 15.0 Å². The zero-order chi connectivity index (χ0) is 10.8. The van der Waals surface area contributed by atoms with E-state index in [-0.39, 0.29) is 5.78 Å². The van der Waals surface area contributed by atoms with E-state index >= 15 is 0 Å². The second-order valence-electron chi connectivity index (χ2n) is 3.04. The van der Waals surface area contributed by atoms with Gasteiger partial charge in [-0.3, -0.25) is 4.79 Å². The molecule has 2 aromatic heterocycles. The Kier molecular flexibility index (Phi) is 2.97. The number of ketones is 1. The summed E-state index contributed by atoms with van der Waals surface area (Å²) in [5.41, 5.74) is 0.541. The van der Waals surface area contributed by atoms with Crippen LogP contribution >= 0.6 is 27.3 Å². The van der Waals surface area contributed by atoms with E-state index in [1.54, 1.807) is 16.0 Å². The molecule has 4 nitrogen and oxygen atoms in total. The first-order valence-corrected chi connectivity index (χ1v) is 5.91. The van der Waals surface area contributed by atoms with Crippen LogP contribution in [0.25, 0.3) is 0 Å². The van der Waals surface area contributed by atoms with Crippen molar-refractivity contribution in [2.24, 2.45) is 0 Å². The summed E-state index contributed by atoms with van der Waals surface area (Å²) >= 11 is 5.01.